The Hall–Kier alpha value is -0.570. The zero-order valence-corrected chi connectivity index (χ0v) is 12.5. The van der Waals surface area contributed by atoms with Gasteiger partial charge >= 0.3 is 5.97 Å². The molecule has 2 unspecified atom stereocenters. The van der Waals surface area contributed by atoms with Crippen LogP contribution in [0.1, 0.15) is 78.1 Å². The molecule has 0 aromatic rings. The first-order valence-corrected chi connectivity index (χ1v) is 8.08. The largest absolute Gasteiger partial charge is 0.463 e. The van der Waals surface area contributed by atoms with Crippen LogP contribution in [0.4, 0.5) is 0 Å². The van der Waals surface area contributed by atoms with Crippen LogP contribution < -0.4 is 0 Å². The number of fused-ring (bicyclic) bond motifs is 1. The highest BCUT2D eigenvalue weighted by molar-refractivity contribution is 5.85. The summed E-state index contributed by atoms with van der Waals surface area (Å²) >= 11 is 0. The fourth-order valence-electron chi connectivity index (χ4n) is 3.48. The Bertz CT molecular complexity index is 311. The molecule has 0 bridgehead atoms. The second-order valence-electron chi connectivity index (χ2n) is 6.03. The number of carbonyl (C=O) groups is 1. The highest BCUT2D eigenvalue weighted by Gasteiger charge is 2.73. The van der Waals surface area contributed by atoms with Gasteiger partial charge in [0.25, 0.3) is 0 Å². The molecule has 0 aromatic heterocycles. The van der Waals surface area contributed by atoms with E-state index < -0.39 is 5.60 Å². The number of carbonyl (C=O) groups excluding carboxylic acids is 1. The molecule has 1 saturated carbocycles. The number of esters is 1. The van der Waals surface area contributed by atoms with Crippen molar-refractivity contribution >= 4 is 5.97 Å². The lowest BCUT2D eigenvalue weighted by atomic mass is 9.86. The molecule has 2 atom stereocenters. The second kappa shape index (κ2) is 6.25. The molecular weight excluding hydrogens is 240 g/mol. The lowest BCUT2D eigenvalue weighted by Crippen LogP contribution is -2.35. The van der Waals surface area contributed by atoms with Crippen LogP contribution >= 0.6 is 0 Å². The molecule has 1 aliphatic heterocycles. The normalized spacial score (nSPS) is 33.4. The summed E-state index contributed by atoms with van der Waals surface area (Å²) in [6.45, 7) is 4.87. The van der Waals surface area contributed by atoms with Crippen molar-refractivity contribution in [1.29, 1.82) is 0 Å². The number of unbranched alkanes of at least 4 members (excludes halogenated alkanes) is 3. The second-order valence-corrected chi connectivity index (χ2v) is 6.03. The van der Waals surface area contributed by atoms with Crippen molar-refractivity contribution < 1.29 is 14.3 Å². The van der Waals surface area contributed by atoms with Crippen molar-refractivity contribution in [2.24, 2.45) is 0 Å². The molecule has 2 aliphatic rings. The molecular formula is C16H28O3. The van der Waals surface area contributed by atoms with Crippen molar-refractivity contribution in [1.82, 2.24) is 0 Å². The zero-order valence-electron chi connectivity index (χ0n) is 12.5. The fraction of sp³-hybridized carbons (Fsp3) is 0.938. The molecule has 1 aliphatic carbocycles. The first-order valence-electron chi connectivity index (χ1n) is 8.08. The molecule has 2 fully saturated rings. The number of hydrogen-bond donors (Lipinski definition) is 0. The highest BCUT2D eigenvalue weighted by Crippen LogP contribution is 2.58. The van der Waals surface area contributed by atoms with E-state index in [1.165, 1.54) is 25.7 Å². The lowest BCUT2D eigenvalue weighted by molar-refractivity contribution is -0.150. The van der Waals surface area contributed by atoms with Gasteiger partial charge in [-0.1, -0.05) is 46.0 Å². The van der Waals surface area contributed by atoms with Crippen LogP contribution in [0, 0.1) is 0 Å². The van der Waals surface area contributed by atoms with Crippen LogP contribution in [0.15, 0.2) is 0 Å². The third kappa shape index (κ3) is 2.81. The maximum Gasteiger partial charge on any atom is 0.341 e. The van der Waals surface area contributed by atoms with Gasteiger partial charge in [0.05, 0.1) is 6.61 Å². The van der Waals surface area contributed by atoms with E-state index in [2.05, 4.69) is 13.8 Å². The summed E-state index contributed by atoms with van der Waals surface area (Å²) in [5.41, 5.74) is -0.771. The van der Waals surface area contributed by atoms with Gasteiger partial charge in [-0.05, 0) is 32.1 Å². The molecule has 3 nitrogen and oxygen atoms in total. The lowest BCUT2D eigenvalue weighted by Gasteiger charge is -2.15. The van der Waals surface area contributed by atoms with Gasteiger partial charge in [0, 0.05) is 0 Å². The topological polar surface area (TPSA) is 38.8 Å². The molecule has 0 N–H and O–H groups in total. The summed E-state index contributed by atoms with van der Waals surface area (Å²) in [6, 6.07) is 0. The van der Waals surface area contributed by atoms with Gasteiger partial charge in [0.2, 0.25) is 0 Å². The number of hydrogen-bond acceptors (Lipinski definition) is 3. The Labute approximate surface area is 117 Å². The molecule has 1 saturated heterocycles. The molecule has 110 valence electrons. The van der Waals surface area contributed by atoms with E-state index in [0.717, 1.165) is 38.5 Å². The van der Waals surface area contributed by atoms with E-state index >= 15 is 0 Å². The van der Waals surface area contributed by atoms with Crippen molar-refractivity contribution in [2.45, 2.75) is 89.3 Å². The van der Waals surface area contributed by atoms with E-state index in [4.69, 9.17) is 9.47 Å². The van der Waals surface area contributed by atoms with Gasteiger partial charge in [-0.15, -0.1) is 0 Å². The van der Waals surface area contributed by atoms with Gasteiger partial charge < -0.3 is 9.47 Å². The predicted octanol–water partition coefficient (Wildman–Crippen LogP) is 3.99. The van der Waals surface area contributed by atoms with Gasteiger partial charge in [-0.2, -0.15) is 0 Å². The smallest absolute Gasteiger partial charge is 0.341 e. The van der Waals surface area contributed by atoms with Crippen LogP contribution in [-0.2, 0) is 14.3 Å². The monoisotopic (exact) mass is 268 g/mol. The number of rotatable bonds is 7. The summed E-state index contributed by atoms with van der Waals surface area (Å²) in [4.78, 5) is 12.4. The average molecular weight is 268 g/mol. The Morgan fingerprint density at radius 2 is 1.89 bits per heavy atom. The third-order valence-electron chi connectivity index (χ3n) is 4.81. The van der Waals surface area contributed by atoms with Gasteiger partial charge in [-0.3, -0.25) is 0 Å². The number of epoxide rings is 1. The first kappa shape index (κ1) is 14.8. The molecule has 19 heavy (non-hydrogen) atoms. The van der Waals surface area contributed by atoms with Crippen LogP contribution in [-0.4, -0.2) is 23.8 Å². The highest BCUT2D eigenvalue weighted by atomic mass is 16.7. The summed E-state index contributed by atoms with van der Waals surface area (Å²) in [5, 5.41) is 0. The van der Waals surface area contributed by atoms with Gasteiger partial charge in [0.15, 0.2) is 5.60 Å². The third-order valence-corrected chi connectivity index (χ3v) is 4.81. The summed E-state index contributed by atoms with van der Waals surface area (Å²) in [5.74, 6) is -0.0900. The molecule has 2 rings (SSSR count). The zero-order chi connectivity index (χ0) is 13.8. The maximum atomic E-state index is 12.4. The minimum absolute atomic E-state index is 0.0900. The van der Waals surface area contributed by atoms with Crippen LogP contribution in [0.25, 0.3) is 0 Å². The van der Waals surface area contributed by atoms with Crippen molar-refractivity contribution in [2.75, 3.05) is 6.61 Å². The van der Waals surface area contributed by atoms with Crippen molar-refractivity contribution in [3.05, 3.63) is 0 Å². The summed E-state index contributed by atoms with van der Waals surface area (Å²) in [6.07, 6.45) is 10.9. The summed E-state index contributed by atoms with van der Waals surface area (Å²) < 4.78 is 11.4. The van der Waals surface area contributed by atoms with Gasteiger partial charge in [-0.25, -0.2) is 4.79 Å². The molecule has 1 heterocycles. The fourth-order valence-corrected chi connectivity index (χ4v) is 3.48. The van der Waals surface area contributed by atoms with Crippen LogP contribution in [0.2, 0.25) is 0 Å². The quantitative estimate of drug-likeness (QED) is 0.398. The molecule has 0 amide bonds. The van der Waals surface area contributed by atoms with E-state index in [1.807, 2.05) is 0 Å². The van der Waals surface area contributed by atoms with E-state index in [1.54, 1.807) is 0 Å². The first-order chi connectivity index (χ1) is 9.21. The minimum Gasteiger partial charge on any atom is -0.463 e. The molecule has 0 spiro atoms. The van der Waals surface area contributed by atoms with Gasteiger partial charge in [0.1, 0.15) is 5.60 Å². The van der Waals surface area contributed by atoms with Crippen molar-refractivity contribution in [3.8, 4) is 0 Å². The minimum atomic E-state index is -0.580. The summed E-state index contributed by atoms with van der Waals surface area (Å²) in [7, 11) is 0. The number of ether oxygens (including phenoxy) is 2. The van der Waals surface area contributed by atoms with Crippen LogP contribution in [0.5, 0.6) is 0 Å². The van der Waals surface area contributed by atoms with E-state index in [9.17, 15) is 4.79 Å². The SMILES string of the molecule is CCCCCCOC(=O)C12CCCCCC1(CC)O2. The molecule has 0 aromatic carbocycles. The Kier molecular flexibility index (Phi) is 4.88. The van der Waals surface area contributed by atoms with Crippen LogP contribution in [0.3, 0.4) is 0 Å². The Morgan fingerprint density at radius 3 is 2.63 bits per heavy atom. The Balaban J connectivity index is 1.84. The van der Waals surface area contributed by atoms with E-state index in [0.29, 0.717) is 6.61 Å². The van der Waals surface area contributed by atoms with E-state index in [-0.39, 0.29) is 11.6 Å². The standard InChI is InChI=1S/C16H28O3/c1-3-5-6-10-13-18-14(17)16-12-9-7-8-11-15(16,4-2)19-16/h3-13H2,1-2H3. The maximum absolute atomic E-state index is 12.4. The molecule has 0 radical (unpaired) electrons. The molecule has 3 heteroatoms. The Morgan fingerprint density at radius 1 is 1.11 bits per heavy atom. The van der Waals surface area contributed by atoms with Crippen molar-refractivity contribution in [3.63, 3.8) is 0 Å². The average Bonchev–Trinajstić information content (AvgIpc) is 3.09. The predicted molar refractivity (Wildman–Crippen MR) is 75.0 cm³/mol.